The minimum Gasteiger partial charge on any atom is -0.399 e. The Labute approximate surface area is 115 Å². The molecule has 0 amide bonds. The predicted octanol–water partition coefficient (Wildman–Crippen LogP) is 2.77. The second-order valence-corrected chi connectivity index (χ2v) is 4.67. The monoisotopic (exact) mass is 268 g/mol. The van der Waals surface area contributed by atoms with Crippen molar-refractivity contribution < 1.29 is 4.39 Å². The average Bonchev–Trinajstić information content (AvgIpc) is 2.44. The molecule has 2 N–H and O–H groups in total. The van der Waals surface area contributed by atoms with Crippen LogP contribution in [0.1, 0.15) is 5.56 Å². The Kier molecular flexibility index (Phi) is 2.99. The molecule has 0 saturated carbocycles. The van der Waals surface area contributed by atoms with E-state index in [2.05, 4.69) is 0 Å². The summed E-state index contributed by atoms with van der Waals surface area (Å²) in [5, 5.41) is 0.947. The van der Waals surface area contributed by atoms with Crippen LogP contribution in [0.3, 0.4) is 0 Å². The maximum Gasteiger partial charge on any atom is 0.251 e. The largest absolute Gasteiger partial charge is 0.399 e. The van der Waals surface area contributed by atoms with Crippen molar-refractivity contribution in [2.45, 2.75) is 6.54 Å². The van der Waals surface area contributed by atoms with Crippen molar-refractivity contribution in [2.24, 2.45) is 0 Å². The molecule has 0 aliphatic rings. The zero-order valence-electron chi connectivity index (χ0n) is 10.7. The lowest BCUT2D eigenvalue weighted by atomic mass is 10.1. The van der Waals surface area contributed by atoms with Crippen molar-refractivity contribution in [1.29, 1.82) is 0 Å². The number of halogens is 1. The molecule has 1 heterocycles. The van der Waals surface area contributed by atoms with Crippen LogP contribution < -0.4 is 11.3 Å². The van der Waals surface area contributed by atoms with Crippen LogP contribution in [-0.4, -0.2) is 4.57 Å². The highest BCUT2D eigenvalue weighted by atomic mass is 19.1. The number of fused-ring (bicyclic) bond motifs is 1. The van der Waals surface area contributed by atoms with Gasteiger partial charge in [-0.25, -0.2) is 4.39 Å². The van der Waals surface area contributed by atoms with Crippen molar-refractivity contribution in [1.82, 2.24) is 4.57 Å². The van der Waals surface area contributed by atoms with Gasteiger partial charge in [0.15, 0.2) is 0 Å². The third kappa shape index (κ3) is 2.16. The summed E-state index contributed by atoms with van der Waals surface area (Å²) in [5.74, 6) is -0.398. The van der Waals surface area contributed by atoms with Crippen molar-refractivity contribution in [2.75, 3.05) is 5.73 Å². The van der Waals surface area contributed by atoms with Crippen LogP contribution in [-0.2, 0) is 6.54 Å². The first-order valence-corrected chi connectivity index (χ1v) is 6.27. The highest BCUT2D eigenvalue weighted by Gasteiger charge is 2.07. The third-order valence-corrected chi connectivity index (χ3v) is 3.30. The Morgan fingerprint density at radius 2 is 1.85 bits per heavy atom. The zero-order chi connectivity index (χ0) is 14.1. The molecule has 4 heteroatoms. The molecule has 0 spiro atoms. The fraction of sp³-hybridized carbons (Fsp3) is 0.0625. The standard InChI is InChI=1S/C16H13FN2O/c17-14-9-13(18)7-5-12(14)10-19-15-4-2-1-3-11(15)6-8-16(19)20/h1-9H,10,18H2. The molecular formula is C16H13FN2O. The minimum absolute atomic E-state index is 0.153. The van der Waals surface area contributed by atoms with Crippen LogP contribution in [0.4, 0.5) is 10.1 Å². The molecule has 0 aliphatic carbocycles. The van der Waals surface area contributed by atoms with E-state index in [-0.39, 0.29) is 12.1 Å². The van der Waals surface area contributed by atoms with E-state index in [9.17, 15) is 9.18 Å². The Morgan fingerprint density at radius 3 is 2.65 bits per heavy atom. The maximum absolute atomic E-state index is 13.9. The Morgan fingerprint density at radius 1 is 1.05 bits per heavy atom. The normalized spacial score (nSPS) is 10.8. The highest BCUT2D eigenvalue weighted by molar-refractivity contribution is 5.78. The number of hydrogen-bond donors (Lipinski definition) is 1. The van der Waals surface area contributed by atoms with Crippen LogP contribution >= 0.6 is 0 Å². The summed E-state index contributed by atoms with van der Waals surface area (Å²) in [7, 11) is 0. The van der Waals surface area contributed by atoms with Gasteiger partial charge >= 0.3 is 0 Å². The van der Waals surface area contributed by atoms with Crippen molar-refractivity contribution >= 4 is 16.6 Å². The van der Waals surface area contributed by atoms with Gasteiger partial charge in [-0.2, -0.15) is 0 Å². The highest BCUT2D eigenvalue weighted by Crippen LogP contribution is 2.16. The quantitative estimate of drug-likeness (QED) is 0.726. The average molecular weight is 268 g/mol. The summed E-state index contributed by atoms with van der Waals surface area (Å²) in [6.07, 6.45) is 0. The predicted molar refractivity (Wildman–Crippen MR) is 78.1 cm³/mol. The van der Waals surface area contributed by atoms with E-state index in [4.69, 9.17) is 5.73 Å². The van der Waals surface area contributed by atoms with Crippen LogP contribution in [0, 0.1) is 5.82 Å². The number of nitrogens with two attached hydrogens (primary N) is 1. The molecule has 1 aromatic heterocycles. The van der Waals surface area contributed by atoms with Crippen LogP contribution in [0.5, 0.6) is 0 Å². The number of hydrogen-bond acceptors (Lipinski definition) is 2. The fourth-order valence-corrected chi connectivity index (χ4v) is 2.27. The van der Waals surface area contributed by atoms with E-state index in [0.717, 1.165) is 10.9 Å². The molecule has 0 radical (unpaired) electrons. The van der Waals surface area contributed by atoms with Crippen LogP contribution in [0.15, 0.2) is 59.4 Å². The lowest BCUT2D eigenvalue weighted by molar-refractivity contribution is 0.600. The lowest BCUT2D eigenvalue weighted by Gasteiger charge is -2.11. The number of nitrogens with zero attached hydrogens (tertiary/aromatic N) is 1. The Bertz CT molecular complexity index is 839. The molecule has 3 aromatic rings. The first-order chi connectivity index (χ1) is 9.65. The first-order valence-electron chi connectivity index (χ1n) is 6.27. The topological polar surface area (TPSA) is 48.0 Å². The second kappa shape index (κ2) is 4.81. The summed E-state index contributed by atoms with van der Waals surface area (Å²) in [5.41, 5.74) is 6.98. The summed E-state index contributed by atoms with van der Waals surface area (Å²) in [4.78, 5) is 12.0. The molecule has 3 rings (SSSR count). The molecule has 0 atom stereocenters. The molecule has 0 unspecified atom stereocenters. The molecule has 100 valence electrons. The van der Waals surface area contributed by atoms with Gasteiger partial charge in [-0.05, 0) is 29.7 Å². The Balaban J connectivity index is 2.15. The van der Waals surface area contributed by atoms with Crippen molar-refractivity contribution in [3.05, 3.63) is 76.3 Å². The van der Waals surface area contributed by atoms with Gasteiger partial charge in [-0.3, -0.25) is 4.79 Å². The smallest absolute Gasteiger partial charge is 0.251 e. The summed E-state index contributed by atoms with van der Waals surface area (Å²) in [6.45, 7) is 0.187. The minimum atomic E-state index is -0.398. The molecule has 0 aliphatic heterocycles. The van der Waals surface area contributed by atoms with E-state index in [1.54, 1.807) is 22.8 Å². The third-order valence-electron chi connectivity index (χ3n) is 3.30. The second-order valence-electron chi connectivity index (χ2n) is 4.67. The van der Waals surface area contributed by atoms with Gasteiger partial charge in [0, 0.05) is 17.3 Å². The van der Waals surface area contributed by atoms with Crippen molar-refractivity contribution in [3.8, 4) is 0 Å². The van der Waals surface area contributed by atoms with Gasteiger partial charge < -0.3 is 10.3 Å². The molecule has 3 nitrogen and oxygen atoms in total. The fourth-order valence-electron chi connectivity index (χ4n) is 2.27. The van der Waals surface area contributed by atoms with E-state index in [0.29, 0.717) is 11.3 Å². The number of anilines is 1. The SMILES string of the molecule is Nc1ccc(Cn2c(=O)ccc3ccccc32)c(F)c1. The van der Waals surface area contributed by atoms with E-state index < -0.39 is 5.82 Å². The van der Waals surface area contributed by atoms with Gasteiger partial charge in [-0.1, -0.05) is 24.3 Å². The molecular weight excluding hydrogens is 255 g/mol. The molecule has 2 aromatic carbocycles. The Hall–Kier alpha value is -2.62. The van der Waals surface area contributed by atoms with E-state index in [1.165, 1.54) is 12.1 Å². The van der Waals surface area contributed by atoms with Gasteiger partial charge in [0.2, 0.25) is 0 Å². The summed E-state index contributed by atoms with van der Waals surface area (Å²) < 4.78 is 15.4. The number of rotatable bonds is 2. The van der Waals surface area contributed by atoms with Gasteiger partial charge in [0.25, 0.3) is 5.56 Å². The van der Waals surface area contributed by atoms with Gasteiger partial charge in [-0.15, -0.1) is 0 Å². The molecule has 0 bridgehead atoms. The number of aromatic nitrogens is 1. The lowest BCUT2D eigenvalue weighted by Crippen LogP contribution is -2.20. The van der Waals surface area contributed by atoms with Crippen LogP contribution in [0.25, 0.3) is 10.9 Å². The first kappa shape index (κ1) is 12.4. The number of pyridine rings is 1. The number of benzene rings is 2. The van der Waals surface area contributed by atoms with E-state index >= 15 is 0 Å². The maximum atomic E-state index is 13.9. The number of para-hydroxylation sites is 1. The van der Waals surface area contributed by atoms with Gasteiger partial charge in [0.05, 0.1) is 12.1 Å². The summed E-state index contributed by atoms with van der Waals surface area (Å²) >= 11 is 0. The zero-order valence-corrected chi connectivity index (χ0v) is 10.7. The van der Waals surface area contributed by atoms with E-state index in [1.807, 2.05) is 24.3 Å². The van der Waals surface area contributed by atoms with Gasteiger partial charge in [0.1, 0.15) is 5.82 Å². The summed E-state index contributed by atoms with van der Waals surface area (Å²) in [6, 6.07) is 15.3. The van der Waals surface area contributed by atoms with Crippen LogP contribution in [0.2, 0.25) is 0 Å². The molecule has 20 heavy (non-hydrogen) atoms. The molecule has 0 fully saturated rings. The molecule has 0 saturated heterocycles. The number of nitrogen functional groups attached to an aromatic ring is 1. The van der Waals surface area contributed by atoms with Crippen molar-refractivity contribution in [3.63, 3.8) is 0 Å².